The van der Waals surface area contributed by atoms with E-state index in [0.717, 1.165) is 21.5 Å². The quantitative estimate of drug-likeness (QED) is 0.578. The normalized spacial score (nSPS) is 9.46. The molecule has 1 aromatic rings. The van der Waals surface area contributed by atoms with Crippen LogP contribution in [-0.4, -0.2) is 0 Å². The summed E-state index contributed by atoms with van der Waals surface area (Å²) in [5.41, 5.74) is 0.945. The highest BCUT2D eigenvalue weighted by Crippen LogP contribution is 2.21. The van der Waals surface area contributed by atoms with Crippen LogP contribution in [-0.2, 0) is 0 Å². The third kappa shape index (κ3) is 5.95. The molecule has 0 fully saturated rings. The van der Waals surface area contributed by atoms with Gasteiger partial charge in [0.2, 0.25) is 0 Å². The van der Waals surface area contributed by atoms with Crippen LogP contribution in [0.3, 0.4) is 0 Å². The Labute approximate surface area is 90.9 Å². The first-order chi connectivity index (χ1) is 5.95. The zero-order valence-electron chi connectivity index (χ0n) is 8.57. The van der Waals surface area contributed by atoms with Crippen molar-refractivity contribution in [1.82, 2.24) is 0 Å². The molecule has 0 aliphatic rings. The Morgan fingerprint density at radius 1 is 1.00 bits per heavy atom. The topological polar surface area (TPSA) is 0 Å². The summed E-state index contributed by atoms with van der Waals surface area (Å²) in [7, 11) is 0. The van der Waals surface area contributed by atoms with Crippen molar-refractivity contribution in [3.63, 3.8) is 0 Å². The molecule has 0 saturated carbocycles. The van der Waals surface area contributed by atoms with Gasteiger partial charge >= 0.3 is 0 Å². The minimum atomic E-state index is 0.725. The van der Waals surface area contributed by atoms with Crippen LogP contribution < -0.4 is 0 Å². The molecule has 1 rings (SSSR count). The second-order valence-corrected chi connectivity index (χ2v) is 4.39. The van der Waals surface area contributed by atoms with Crippen molar-refractivity contribution < 1.29 is 0 Å². The van der Waals surface area contributed by atoms with Crippen LogP contribution in [0.15, 0.2) is 18.2 Å². The van der Waals surface area contributed by atoms with Crippen LogP contribution in [0.5, 0.6) is 0 Å². The highest BCUT2D eigenvalue weighted by atomic mass is 35.5. The maximum atomic E-state index is 5.73. The van der Waals surface area contributed by atoms with E-state index in [0.29, 0.717) is 0 Å². The zero-order valence-corrected chi connectivity index (χ0v) is 10.1. The number of hydrogen-bond acceptors (Lipinski definition) is 0. The van der Waals surface area contributed by atoms with Crippen molar-refractivity contribution in [2.45, 2.75) is 27.7 Å². The summed E-state index contributed by atoms with van der Waals surface area (Å²) in [5, 5.41) is 1.45. The van der Waals surface area contributed by atoms with Gasteiger partial charge in [-0.15, -0.1) is 0 Å². The van der Waals surface area contributed by atoms with Gasteiger partial charge in [0, 0.05) is 10.0 Å². The van der Waals surface area contributed by atoms with E-state index in [1.165, 1.54) is 0 Å². The lowest BCUT2D eigenvalue weighted by atomic mass is 10.2. The Kier molecular flexibility index (Phi) is 6.19. The molecule has 0 aliphatic heterocycles. The number of halogens is 2. The third-order valence-corrected chi connectivity index (χ3v) is 2.02. The van der Waals surface area contributed by atoms with Gasteiger partial charge in [-0.05, 0) is 30.5 Å². The maximum Gasteiger partial charge on any atom is 0.0450 e. The second-order valence-electron chi connectivity index (χ2n) is 3.58. The van der Waals surface area contributed by atoms with E-state index in [1.807, 2.05) is 25.1 Å². The molecule has 74 valence electrons. The van der Waals surface area contributed by atoms with E-state index in [-0.39, 0.29) is 0 Å². The Morgan fingerprint density at radius 3 is 1.54 bits per heavy atom. The summed E-state index contributed by atoms with van der Waals surface area (Å²) in [6.45, 7) is 8.39. The van der Waals surface area contributed by atoms with Crippen molar-refractivity contribution in [2.75, 3.05) is 0 Å². The van der Waals surface area contributed by atoms with Crippen molar-refractivity contribution >= 4 is 23.2 Å². The smallest absolute Gasteiger partial charge is 0.0450 e. The molecule has 0 amide bonds. The molecular formula is C11H16Cl2. The predicted octanol–water partition coefficient (Wildman–Crippen LogP) is 4.96. The molecule has 2 heteroatoms. The fraction of sp³-hybridized carbons (Fsp3) is 0.455. The summed E-state index contributed by atoms with van der Waals surface area (Å²) < 4.78 is 0. The molecule has 0 atom stereocenters. The van der Waals surface area contributed by atoms with Gasteiger partial charge in [0.1, 0.15) is 0 Å². The summed E-state index contributed by atoms with van der Waals surface area (Å²) in [5.74, 6) is 0.833. The molecule has 0 spiro atoms. The molecule has 0 unspecified atom stereocenters. The Balaban J connectivity index is 0.000000310. The van der Waals surface area contributed by atoms with E-state index in [2.05, 4.69) is 20.8 Å². The standard InChI is InChI=1S/C7H6Cl2.C4H10/c1-5-6(8)3-2-4-7(5)9;1-4(2)3/h2-4H,1H3;4H,1-3H3. The maximum absolute atomic E-state index is 5.73. The Bertz CT molecular complexity index is 231. The average Bonchev–Trinajstić information content (AvgIpc) is 1.99. The van der Waals surface area contributed by atoms with Crippen molar-refractivity contribution in [1.29, 1.82) is 0 Å². The highest BCUT2D eigenvalue weighted by Gasteiger charge is 1.96. The lowest BCUT2D eigenvalue weighted by Crippen LogP contribution is -1.73. The first kappa shape index (κ1) is 12.8. The van der Waals surface area contributed by atoms with E-state index >= 15 is 0 Å². The SMILES string of the molecule is CC(C)C.Cc1c(Cl)cccc1Cl. The second kappa shape index (κ2) is 6.28. The minimum absolute atomic E-state index is 0.725. The summed E-state index contributed by atoms with van der Waals surface area (Å²) in [4.78, 5) is 0. The van der Waals surface area contributed by atoms with E-state index in [4.69, 9.17) is 23.2 Å². The third-order valence-electron chi connectivity index (χ3n) is 1.20. The first-order valence-electron chi connectivity index (χ1n) is 4.35. The summed E-state index contributed by atoms with van der Waals surface area (Å²) >= 11 is 11.5. The van der Waals surface area contributed by atoms with Gasteiger partial charge in [0.15, 0.2) is 0 Å². The van der Waals surface area contributed by atoms with Crippen molar-refractivity contribution in [2.24, 2.45) is 5.92 Å². The first-order valence-corrected chi connectivity index (χ1v) is 5.11. The van der Waals surface area contributed by atoms with Crippen LogP contribution in [0.1, 0.15) is 26.3 Å². The number of hydrogen-bond donors (Lipinski definition) is 0. The summed E-state index contributed by atoms with van der Waals surface area (Å²) in [6, 6.07) is 5.48. The monoisotopic (exact) mass is 218 g/mol. The van der Waals surface area contributed by atoms with Crippen LogP contribution in [0.25, 0.3) is 0 Å². The Morgan fingerprint density at radius 2 is 1.31 bits per heavy atom. The van der Waals surface area contributed by atoms with Gasteiger partial charge in [-0.25, -0.2) is 0 Å². The van der Waals surface area contributed by atoms with Gasteiger partial charge in [-0.1, -0.05) is 50.0 Å². The lowest BCUT2D eigenvalue weighted by molar-refractivity contribution is 0.737. The fourth-order valence-electron chi connectivity index (χ4n) is 0.581. The largest absolute Gasteiger partial charge is 0.0840 e. The Hall–Kier alpha value is -0.200. The molecule has 13 heavy (non-hydrogen) atoms. The van der Waals surface area contributed by atoms with Crippen LogP contribution in [0, 0.1) is 12.8 Å². The van der Waals surface area contributed by atoms with Gasteiger partial charge in [-0.2, -0.15) is 0 Å². The zero-order chi connectivity index (χ0) is 10.4. The van der Waals surface area contributed by atoms with Gasteiger partial charge in [0.05, 0.1) is 0 Å². The van der Waals surface area contributed by atoms with Crippen LogP contribution >= 0.6 is 23.2 Å². The molecular weight excluding hydrogens is 203 g/mol. The highest BCUT2D eigenvalue weighted by molar-refractivity contribution is 6.35. The minimum Gasteiger partial charge on any atom is -0.0840 e. The van der Waals surface area contributed by atoms with Gasteiger partial charge in [0.25, 0.3) is 0 Å². The van der Waals surface area contributed by atoms with Crippen molar-refractivity contribution in [3.05, 3.63) is 33.8 Å². The van der Waals surface area contributed by atoms with Crippen LogP contribution in [0.4, 0.5) is 0 Å². The lowest BCUT2D eigenvalue weighted by Gasteiger charge is -1.96. The van der Waals surface area contributed by atoms with Gasteiger partial charge < -0.3 is 0 Å². The molecule has 0 bridgehead atoms. The molecule has 1 aromatic carbocycles. The molecule has 0 aliphatic carbocycles. The summed E-state index contributed by atoms with van der Waals surface area (Å²) in [6.07, 6.45) is 0. The molecule has 0 N–H and O–H groups in total. The molecule has 0 aromatic heterocycles. The fourth-order valence-corrected chi connectivity index (χ4v) is 0.979. The van der Waals surface area contributed by atoms with E-state index in [1.54, 1.807) is 0 Å². The van der Waals surface area contributed by atoms with Crippen LogP contribution in [0.2, 0.25) is 10.0 Å². The average molecular weight is 219 g/mol. The van der Waals surface area contributed by atoms with E-state index in [9.17, 15) is 0 Å². The molecule has 0 saturated heterocycles. The van der Waals surface area contributed by atoms with Crippen molar-refractivity contribution in [3.8, 4) is 0 Å². The van der Waals surface area contributed by atoms with Gasteiger partial charge in [-0.3, -0.25) is 0 Å². The van der Waals surface area contributed by atoms with E-state index < -0.39 is 0 Å². The number of rotatable bonds is 0. The molecule has 0 heterocycles. The molecule has 0 radical (unpaired) electrons. The number of benzene rings is 1. The predicted molar refractivity (Wildman–Crippen MR) is 61.7 cm³/mol. The molecule has 0 nitrogen and oxygen atoms in total.